The molecule has 0 aliphatic carbocycles. The number of ether oxygens (including phenoxy) is 4. The Morgan fingerprint density at radius 1 is 1.15 bits per heavy atom. The molecule has 9 nitrogen and oxygen atoms in total. The van der Waals surface area contributed by atoms with E-state index in [1.807, 2.05) is 0 Å². The van der Waals surface area contributed by atoms with Crippen LogP contribution < -0.4 is 24.3 Å². The average Bonchev–Trinajstić information content (AvgIpc) is 3.16. The molecule has 1 fully saturated rings. The summed E-state index contributed by atoms with van der Waals surface area (Å²) in [4.78, 5) is 22.3. The SMILES string of the molecule is COc1cc(NC(=O)N2CCC(Oc3cnccn3)C2)cc(OC)c1OC. The summed E-state index contributed by atoms with van der Waals surface area (Å²) in [5.74, 6) is 1.86. The monoisotopic (exact) mass is 374 g/mol. The van der Waals surface area contributed by atoms with Gasteiger partial charge in [-0.3, -0.25) is 4.98 Å². The number of aromatic nitrogens is 2. The molecule has 1 atom stereocenters. The fraction of sp³-hybridized carbons (Fsp3) is 0.389. The highest BCUT2D eigenvalue weighted by molar-refractivity contribution is 5.90. The van der Waals surface area contributed by atoms with Gasteiger partial charge < -0.3 is 29.2 Å². The van der Waals surface area contributed by atoms with Gasteiger partial charge in [0.1, 0.15) is 6.10 Å². The lowest BCUT2D eigenvalue weighted by atomic mass is 10.2. The van der Waals surface area contributed by atoms with Gasteiger partial charge in [0.2, 0.25) is 11.6 Å². The van der Waals surface area contributed by atoms with E-state index in [-0.39, 0.29) is 12.1 Å². The number of hydrogen-bond acceptors (Lipinski definition) is 7. The zero-order valence-electron chi connectivity index (χ0n) is 15.5. The molecule has 0 spiro atoms. The van der Waals surface area contributed by atoms with Gasteiger partial charge in [-0.25, -0.2) is 9.78 Å². The maximum atomic E-state index is 12.6. The molecule has 3 rings (SSSR count). The number of methoxy groups -OCH3 is 3. The summed E-state index contributed by atoms with van der Waals surface area (Å²) in [7, 11) is 4.58. The number of likely N-dealkylation sites (tertiary alicyclic amines) is 1. The number of rotatable bonds is 6. The molecule has 1 unspecified atom stereocenters. The van der Waals surface area contributed by atoms with Gasteiger partial charge in [-0.05, 0) is 0 Å². The third-order valence-corrected chi connectivity index (χ3v) is 4.18. The van der Waals surface area contributed by atoms with E-state index in [1.54, 1.807) is 35.6 Å². The number of benzene rings is 1. The average molecular weight is 374 g/mol. The van der Waals surface area contributed by atoms with Crippen molar-refractivity contribution in [2.45, 2.75) is 12.5 Å². The van der Waals surface area contributed by atoms with Crippen LogP contribution in [0, 0.1) is 0 Å². The molecular formula is C18H22N4O5. The third-order valence-electron chi connectivity index (χ3n) is 4.18. The van der Waals surface area contributed by atoms with Gasteiger partial charge in [0.25, 0.3) is 0 Å². The lowest BCUT2D eigenvalue weighted by Crippen LogP contribution is -2.34. The highest BCUT2D eigenvalue weighted by Gasteiger charge is 2.28. The molecule has 9 heteroatoms. The van der Waals surface area contributed by atoms with E-state index >= 15 is 0 Å². The Bertz CT molecular complexity index is 762. The number of carbonyl (C=O) groups excluding carboxylic acids is 1. The fourth-order valence-electron chi connectivity index (χ4n) is 2.88. The molecule has 144 valence electrons. The number of nitrogens with one attached hydrogen (secondary N) is 1. The summed E-state index contributed by atoms with van der Waals surface area (Å²) in [5.41, 5.74) is 0.549. The minimum absolute atomic E-state index is 0.118. The molecular weight excluding hydrogens is 352 g/mol. The van der Waals surface area contributed by atoms with Crippen LogP contribution in [0.3, 0.4) is 0 Å². The predicted molar refractivity (Wildman–Crippen MR) is 97.8 cm³/mol. The molecule has 2 aromatic rings. The summed E-state index contributed by atoms with van der Waals surface area (Å²) in [6, 6.07) is 3.14. The predicted octanol–water partition coefficient (Wildman–Crippen LogP) is 2.19. The second-order valence-corrected chi connectivity index (χ2v) is 5.86. The highest BCUT2D eigenvalue weighted by Crippen LogP contribution is 2.40. The molecule has 1 aromatic carbocycles. The number of hydrogen-bond donors (Lipinski definition) is 1. The van der Waals surface area contributed by atoms with Gasteiger partial charge in [0.15, 0.2) is 11.5 Å². The first-order valence-corrected chi connectivity index (χ1v) is 8.43. The van der Waals surface area contributed by atoms with Crippen molar-refractivity contribution < 1.29 is 23.7 Å². The summed E-state index contributed by atoms with van der Waals surface area (Å²) in [6.45, 7) is 1.05. The summed E-state index contributed by atoms with van der Waals surface area (Å²) in [5, 5.41) is 2.86. The topological polar surface area (TPSA) is 95.0 Å². The number of anilines is 1. The van der Waals surface area contributed by atoms with E-state index in [1.165, 1.54) is 21.3 Å². The van der Waals surface area contributed by atoms with Crippen LogP contribution in [0.1, 0.15) is 6.42 Å². The Hall–Kier alpha value is -3.23. The van der Waals surface area contributed by atoms with Crippen molar-refractivity contribution in [3.8, 4) is 23.1 Å². The maximum absolute atomic E-state index is 12.6. The maximum Gasteiger partial charge on any atom is 0.321 e. The smallest absolute Gasteiger partial charge is 0.321 e. The Labute approximate surface area is 157 Å². The largest absolute Gasteiger partial charge is 0.493 e. The molecule has 1 N–H and O–H groups in total. The molecule has 1 aromatic heterocycles. The van der Waals surface area contributed by atoms with Crippen molar-refractivity contribution in [3.05, 3.63) is 30.7 Å². The van der Waals surface area contributed by atoms with Crippen molar-refractivity contribution in [3.63, 3.8) is 0 Å². The van der Waals surface area contributed by atoms with Gasteiger partial charge in [-0.15, -0.1) is 0 Å². The first-order valence-electron chi connectivity index (χ1n) is 8.43. The molecule has 0 radical (unpaired) electrons. The van der Waals surface area contributed by atoms with Gasteiger partial charge >= 0.3 is 6.03 Å². The first-order chi connectivity index (χ1) is 13.1. The van der Waals surface area contributed by atoms with Crippen molar-refractivity contribution in [2.75, 3.05) is 39.7 Å². The van der Waals surface area contributed by atoms with E-state index in [0.29, 0.717) is 41.9 Å². The summed E-state index contributed by atoms with van der Waals surface area (Å²) < 4.78 is 21.7. The Balaban J connectivity index is 1.64. The van der Waals surface area contributed by atoms with Gasteiger partial charge in [-0.1, -0.05) is 0 Å². The standard InChI is InChI=1S/C18H22N4O5/c1-24-14-8-12(9-15(25-2)17(14)26-3)21-18(23)22-7-4-13(11-22)27-16-10-19-5-6-20-16/h5-6,8-10,13H,4,7,11H2,1-3H3,(H,21,23). The second kappa shape index (κ2) is 8.43. The fourth-order valence-corrected chi connectivity index (χ4v) is 2.88. The minimum atomic E-state index is -0.227. The van der Waals surface area contributed by atoms with E-state index in [4.69, 9.17) is 18.9 Å². The van der Waals surface area contributed by atoms with E-state index in [0.717, 1.165) is 6.42 Å². The molecule has 0 bridgehead atoms. The molecule has 1 aliphatic heterocycles. The Kier molecular flexibility index (Phi) is 5.80. The lowest BCUT2D eigenvalue weighted by molar-refractivity contribution is 0.189. The lowest BCUT2D eigenvalue weighted by Gasteiger charge is -2.19. The van der Waals surface area contributed by atoms with Crippen molar-refractivity contribution >= 4 is 11.7 Å². The summed E-state index contributed by atoms with van der Waals surface area (Å²) >= 11 is 0. The van der Waals surface area contributed by atoms with Crippen LogP contribution in [0.5, 0.6) is 23.1 Å². The van der Waals surface area contributed by atoms with E-state index in [2.05, 4.69) is 15.3 Å². The van der Waals surface area contributed by atoms with Crippen LogP contribution in [0.2, 0.25) is 0 Å². The van der Waals surface area contributed by atoms with E-state index < -0.39 is 0 Å². The molecule has 0 saturated carbocycles. The van der Waals surface area contributed by atoms with Crippen LogP contribution >= 0.6 is 0 Å². The van der Waals surface area contributed by atoms with Crippen LogP contribution in [0.25, 0.3) is 0 Å². The normalized spacial score (nSPS) is 16.0. The first kappa shape index (κ1) is 18.6. The van der Waals surface area contributed by atoms with Crippen molar-refractivity contribution in [1.82, 2.24) is 14.9 Å². The van der Waals surface area contributed by atoms with Gasteiger partial charge in [0, 0.05) is 37.5 Å². The Morgan fingerprint density at radius 3 is 2.48 bits per heavy atom. The summed E-state index contributed by atoms with van der Waals surface area (Å²) in [6.07, 6.45) is 5.31. The molecule has 1 saturated heterocycles. The zero-order valence-corrected chi connectivity index (χ0v) is 15.5. The number of nitrogens with zero attached hydrogens (tertiary/aromatic N) is 3. The third kappa shape index (κ3) is 4.30. The minimum Gasteiger partial charge on any atom is -0.493 e. The van der Waals surface area contributed by atoms with Gasteiger partial charge in [0.05, 0.1) is 39.8 Å². The highest BCUT2D eigenvalue weighted by atomic mass is 16.5. The molecule has 1 aliphatic rings. The molecule has 2 heterocycles. The molecule has 27 heavy (non-hydrogen) atoms. The quantitative estimate of drug-likeness (QED) is 0.828. The van der Waals surface area contributed by atoms with Crippen LogP contribution in [-0.2, 0) is 0 Å². The van der Waals surface area contributed by atoms with E-state index in [9.17, 15) is 4.79 Å². The number of carbonyl (C=O) groups is 1. The van der Waals surface area contributed by atoms with Crippen LogP contribution in [-0.4, -0.2) is 61.4 Å². The van der Waals surface area contributed by atoms with Crippen molar-refractivity contribution in [2.24, 2.45) is 0 Å². The zero-order chi connectivity index (χ0) is 19.2. The molecule has 2 amide bonds. The number of amides is 2. The van der Waals surface area contributed by atoms with Crippen molar-refractivity contribution in [1.29, 1.82) is 0 Å². The van der Waals surface area contributed by atoms with Crippen LogP contribution in [0.4, 0.5) is 10.5 Å². The Morgan fingerprint density at radius 2 is 1.89 bits per heavy atom. The van der Waals surface area contributed by atoms with Gasteiger partial charge in [-0.2, -0.15) is 0 Å². The van der Waals surface area contributed by atoms with Crippen LogP contribution in [0.15, 0.2) is 30.7 Å². The number of urea groups is 1. The second-order valence-electron chi connectivity index (χ2n) is 5.86.